The van der Waals surface area contributed by atoms with E-state index in [1.807, 2.05) is 32.0 Å². The van der Waals surface area contributed by atoms with E-state index in [1.54, 1.807) is 6.07 Å². The molecule has 1 aromatic carbocycles. The van der Waals surface area contributed by atoms with Crippen molar-refractivity contribution >= 4 is 38.8 Å². The fourth-order valence-electron chi connectivity index (χ4n) is 4.07. The third kappa shape index (κ3) is 4.88. The van der Waals surface area contributed by atoms with Gasteiger partial charge in [0.2, 0.25) is 0 Å². The Bertz CT molecular complexity index is 1220. The second kappa shape index (κ2) is 9.66. The van der Waals surface area contributed by atoms with Gasteiger partial charge in [-0.2, -0.15) is 0 Å². The Kier molecular flexibility index (Phi) is 6.69. The summed E-state index contributed by atoms with van der Waals surface area (Å²) in [5.41, 5.74) is 15.5. The lowest BCUT2D eigenvalue weighted by Gasteiger charge is -2.26. The summed E-state index contributed by atoms with van der Waals surface area (Å²) in [6.07, 6.45) is 3.44. The van der Waals surface area contributed by atoms with E-state index < -0.39 is 0 Å². The van der Waals surface area contributed by atoms with Crippen molar-refractivity contribution in [3.8, 4) is 0 Å². The second-order valence-corrected chi connectivity index (χ2v) is 9.08. The van der Waals surface area contributed by atoms with Crippen LogP contribution in [0.3, 0.4) is 0 Å². The fourth-order valence-corrected chi connectivity index (χ4v) is 5.12. The molecule has 1 atom stereocenters. The SMILES string of the molecule is CCO/C(=C/N)CNc1cc2c(cc1F)C[C@@H](NC(=O)c1sc3nc(C)ccc3c1N)CC2. The number of anilines is 2. The molecule has 174 valence electrons. The van der Waals surface area contributed by atoms with Gasteiger partial charge in [-0.3, -0.25) is 4.79 Å². The highest BCUT2D eigenvalue weighted by atomic mass is 32.1. The number of benzene rings is 1. The first-order valence-corrected chi connectivity index (χ1v) is 11.8. The Labute approximate surface area is 196 Å². The quantitative estimate of drug-likeness (QED) is 0.391. The molecule has 0 bridgehead atoms. The number of pyridine rings is 1. The van der Waals surface area contributed by atoms with E-state index in [1.165, 1.54) is 17.5 Å². The van der Waals surface area contributed by atoms with Gasteiger partial charge in [-0.15, -0.1) is 11.3 Å². The van der Waals surface area contributed by atoms with E-state index in [0.29, 0.717) is 41.6 Å². The zero-order chi connectivity index (χ0) is 23.5. The summed E-state index contributed by atoms with van der Waals surface area (Å²) in [6.45, 7) is 4.57. The van der Waals surface area contributed by atoms with Gasteiger partial charge in [-0.1, -0.05) is 0 Å². The molecule has 3 aromatic rings. The number of fused-ring (bicyclic) bond motifs is 2. The number of nitrogen functional groups attached to an aromatic ring is 1. The Morgan fingerprint density at radius 2 is 2.18 bits per heavy atom. The maximum atomic E-state index is 14.7. The molecule has 1 aliphatic carbocycles. The number of nitrogens with zero attached hydrogens (tertiary/aromatic N) is 1. The van der Waals surface area contributed by atoms with Crippen molar-refractivity contribution in [2.75, 3.05) is 24.2 Å². The molecule has 9 heteroatoms. The molecule has 0 radical (unpaired) electrons. The third-order valence-electron chi connectivity index (χ3n) is 5.76. The van der Waals surface area contributed by atoms with E-state index >= 15 is 0 Å². The van der Waals surface area contributed by atoms with Crippen molar-refractivity contribution < 1.29 is 13.9 Å². The molecule has 0 fully saturated rings. The van der Waals surface area contributed by atoms with Gasteiger partial charge < -0.3 is 26.8 Å². The Balaban J connectivity index is 1.44. The van der Waals surface area contributed by atoms with Gasteiger partial charge in [0, 0.05) is 23.3 Å². The van der Waals surface area contributed by atoms with Crippen molar-refractivity contribution in [1.82, 2.24) is 10.3 Å². The van der Waals surface area contributed by atoms with E-state index in [2.05, 4.69) is 15.6 Å². The number of carbonyl (C=O) groups excluding carboxylic acids is 1. The highest BCUT2D eigenvalue weighted by Gasteiger charge is 2.25. The van der Waals surface area contributed by atoms with Gasteiger partial charge in [-0.05, 0) is 68.5 Å². The largest absolute Gasteiger partial charge is 0.495 e. The summed E-state index contributed by atoms with van der Waals surface area (Å²) in [7, 11) is 0. The van der Waals surface area contributed by atoms with Crippen LogP contribution in [0.25, 0.3) is 10.2 Å². The summed E-state index contributed by atoms with van der Waals surface area (Å²) in [4.78, 5) is 18.6. The molecule has 1 aliphatic rings. The van der Waals surface area contributed by atoms with Crippen LogP contribution in [-0.4, -0.2) is 30.1 Å². The number of ether oxygens (including phenoxy) is 1. The van der Waals surface area contributed by atoms with Gasteiger partial charge in [0.05, 0.1) is 24.5 Å². The predicted octanol–water partition coefficient (Wildman–Crippen LogP) is 3.86. The van der Waals surface area contributed by atoms with Crippen LogP contribution >= 0.6 is 11.3 Å². The van der Waals surface area contributed by atoms with Crippen LogP contribution in [0, 0.1) is 12.7 Å². The highest BCUT2D eigenvalue weighted by Crippen LogP contribution is 2.33. The summed E-state index contributed by atoms with van der Waals surface area (Å²) in [5.74, 6) is 0.00412. The van der Waals surface area contributed by atoms with Gasteiger partial charge in [0.25, 0.3) is 5.91 Å². The molecule has 0 aliphatic heterocycles. The molecule has 4 rings (SSSR count). The number of hydrogen-bond donors (Lipinski definition) is 4. The summed E-state index contributed by atoms with van der Waals surface area (Å²) < 4.78 is 20.1. The molecule has 2 aromatic heterocycles. The molecular weight excluding hydrogens is 441 g/mol. The monoisotopic (exact) mass is 469 g/mol. The van der Waals surface area contributed by atoms with Gasteiger partial charge in [0.1, 0.15) is 21.3 Å². The topological polar surface area (TPSA) is 115 Å². The van der Waals surface area contributed by atoms with Crippen LogP contribution in [0.2, 0.25) is 0 Å². The number of amides is 1. The molecule has 2 heterocycles. The Hall–Kier alpha value is -3.33. The van der Waals surface area contributed by atoms with Crippen molar-refractivity contribution in [1.29, 1.82) is 0 Å². The van der Waals surface area contributed by atoms with Crippen molar-refractivity contribution in [3.63, 3.8) is 0 Å². The molecule has 0 saturated heterocycles. The van der Waals surface area contributed by atoms with Gasteiger partial charge in [0.15, 0.2) is 0 Å². The van der Waals surface area contributed by atoms with Crippen LogP contribution in [-0.2, 0) is 17.6 Å². The minimum atomic E-state index is -0.344. The van der Waals surface area contributed by atoms with Crippen LogP contribution in [0.1, 0.15) is 39.8 Å². The van der Waals surface area contributed by atoms with Crippen LogP contribution < -0.4 is 22.1 Å². The lowest BCUT2D eigenvalue weighted by Crippen LogP contribution is -2.38. The molecule has 33 heavy (non-hydrogen) atoms. The molecule has 6 N–H and O–H groups in total. The van der Waals surface area contributed by atoms with Gasteiger partial charge >= 0.3 is 0 Å². The lowest BCUT2D eigenvalue weighted by atomic mass is 9.87. The van der Waals surface area contributed by atoms with Crippen molar-refractivity contribution in [2.45, 2.75) is 39.2 Å². The fraction of sp³-hybridized carbons (Fsp3) is 0.333. The smallest absolute Gasteiger partial charge is 0.263 e. The predicted molar refractivity (Wildman–Crippen MR) is 131 cm³/mol. The summed E-state index contributed by atoms with van der Waals surface area (Å²) in [5, 5.41) is 6.92. The first-order chi connectivity index (χ1) is 15.9. The molecule has 0 spiro atoms. The number of carbonyl (C=O) groups is 1. The number of nitrogens with two attached hydrogens (primary N) is 2. The molecule has 1 amide bonds. The van der Waals surface area contributed by atoms with Crippen LogP contribution in [0.15, 0.2) is 36.2 Å². The number of aromatic nitrogens is 1. The summed E-state index contributed by atoms with van der Waals surface area (Å²) >= 11 is 1.30. The zero-order valence-corrected chi connectivity index (χ0v) is 19.5. The molecule has 7 nitrogen and oxygen atoms in total. The van der Waals surface area contributed by atoms with Gasteiger partial charge in [-0.25, -0.2) is 9.37 Å². The number of thiophene rings is 1. The zero-order valence-electron chi connectivity index (χ0n) is 18.7. The normalized spacial score (nSPS) is 15.8. The Morgan fingerprint density at radius 3 is 2.94 bits per heavy atom. The minimum absolute atomic E-state index is 0.0905. The minimum Gasteiger partial charge on any atom is -0.495 e. The van der Waals surface area contributed by atoms with Crippen LogP contribution in [0.5, 0.6) is 0 Å². The second-order valence-electron chi connectivity index (χ2n) is 8.08. The van der Waals surface area contributed by atoms with Crippen molar-refractivity contribution in [2.24, 2.45) is 5.73 Å². The number of aryl methyl sites for hydroxylation is 2. The number of rotatable bonds is 7. The lowest BCUT2D eigenvalue weighted by molar-refractivity contribution is 0.0938. The number of halogens is 1. The average Bonchev–Trinajstić information content (AvgIpc) is 3.12. The highest BCUT2D eigenvalue weighted by molar-refractivity contribution is 7.21. The van der Waals surface area contributed by atoms with E-state index in [-0.39, 0.29) is 17.8 Å². The van der Waals surface area contributed by atoms with E-state index in [9.17, 15) is 9.18 Å². The first-order valence-electron chi connectivity index (χ1n) is 10.9. The van der Waals surface area contributed by atoms with E-state index in [4.69, 9.17) is 16.2 Å². The standard InChI is InChI=1S/C24H28FN5O2S/c1-3-32-17(11-26)12-28-20-10-14-5-6-16(8-15(14)9-19(20)25)30-23(31)22-21(27)18-7-4-13(2)29-24(18)33-22/h4,7,9-11,16,28H,3,5-6,8,12,26-27H2,1-2H3,(H,30,31)/b17-11+/t16-/m0/s1. The maximum Gasteiger partial charge on any atom is 0.263 e. The molecule has 0 saturated carbocycles. The third-order valence-corrected chi connectivity index (χ3v) is 6.87. The number of hydrogen-bond acceptors (Lipinski definition) is 7. The maximum absolute atomic E-state index is 14.7. The molecule has 0 unspecified atom stereocenters. The number of nitrogens with one attached hydrogen (secondary N) is 2. The summed E-state index contributed by atoms with van der Waals surface area (Å²) in [6, 6.07) is 7.06. The Morgan fingerprint density at radius 1 is 1.36 bits per heavy atom. The first kappa shape index (κ1) is 22.8. The van der Waals surface area contributed by atoms with Crippen LogP contribution in [0.4, 0.5) is 15.8 Å². The average molecular weight is 470 g/mol. The van der Waals surface area contributed by atoms with E-state index in [0.717, 1.165) is 39.9 Å². The van der Waals surface area contributed by atoms with Crippen molar-refractivity contribution in [3.05, 3.63) is 63.7 Å². The molecular formula is C24H28FN5O2S.